The van der Waals surface area contributed by atoms with Crippen molar-refractivity contribution < 1.29 is 19.4 Å². The molecule has 4 N–H and O–H groups in total. The molecule has 2 rings (SSSR count). The van der Waals surface area contributed by atoms with Crippen molar-refractivity contribution in [1.29, 1.82) is 0 Å². The molecule has 0 amide bonds. The zero-order valence-electron chi connectivity index (χ0n) is 10.5. The van der Waals surface area contributed by atoms with Crippen LogP contribution in [0.4, 0.5) is 11.6 Å². The van der Waals surface area contributed by atoms with Gasteiger partial charge in [-0.05, 0) is 12.8 Å². The number of hydrogen-bond acceptors (Lipinski definition) is 8. The molecular weight excluding hydrogens is 252 g/mol. The number of nitrogens with zero attached hydrogens (tertiary/aromatic N) is 2. The molecule has 19 heavy (non-hydrogen) atoms. The van der Waals surface area contributed by atoms with Crippen molar-refractivity contribution in [3.05, 3.63) is 11.9 Å². The Hall–Kier alpha value is -1.93. The molecule has 1 aromatic heterocycles. The minimum atomic E-state index is -0.614. The van der Waals surface area contributed by atoms with E-state index in [9.17, 15) is 4.79 Å². The third-order valence-electron chi connectivity index (χ3n) is 2.88. The fraction of sp³-hybridized carbons (Fsp3) is 0.545. The van der Waals surface area contributed by atoms with Gasteiger partial charge in [0.15, 0.2) is 0 Å². The van der Waals surface area contributed by atoms with Crippen molar-refractivity contribution in [2.75, 3.05) is 24.8 Å². The number of aliphatic hydroxyl groups excluding tert-OH is 1. The van der Waals surface area contributed by atoms with E-state index in [-0.39, 0.29) is 36.1 Å². The molecule has 0 unspecified atom stereocenters. The Balaban J connectivity index is 2.16. The van der Waals surface area contributed by atoms with E-state index in [2.05, 4.69) is 20.0 Å². The van der Waals surface area contributed by atoms with Gasteiger partial charge in [0.05, 0.1) is 19.8 Å². The summed E-state index contributed by atoms with van der Waals surface area (Å²) in [4.78, 5) is 19.4. The third kappa shape index (κ3) is 2.91. The van der Waals surface area contributed by atoms with Crippen molar-refractivity contribution in [3.8, 4) is 0 Å². The van der Waals surface area contributed by atoms with Gasteiger partial charge in [0.1, 0.15) is 29.8 Å². The lowest BCUT2D eigenvalue weighted by atomic mass is 10.2. The van der Waals surface area contributed by atoms with Crippen LogP contribution in [0.15, 0.2) is 6.33 Å². The Labute approximate surface area is 109 Å². The number of ether oxygens (including phenoxy) is 2. The molecule has 8 nitrogen and oxygen atoms in total. The molecule has 1 aliphatic rings. The Morgan fingerprint density at radius 1 is 1.63 bits per heavy atom. The molecule has 0 radical (unpaired) electrons. The van der Waals surface area contributed by atoms with Crippen LogP contribution >= 0.6 is 0 Å². The van der Waals surface area contributed by atoms with Gasteiger partial charge in [-0.25, -0.2) is 14.8 Å². The van der Waals surface area contributed by atoms with E-state index in [0.29, 0.717) is 6.42 Å². The van der Waals surface area contributed by atoms with Gasteiger partial charge in [0, 0.05) is 0 Å². The zero-order valence-corrected chi connectivity index (χ0v) is 10.5. The van der Waals surface area contributed by atoms with Gasteiger partial charge in [-0.3, -0.25) is 0 Å². The van der Waals surface area contributed by atoms with E-state index in [0.717, 1.165) is 6.42 Å². The number of aliphatic hydroxyl groups is 1. The van der Waals surface area contributed by atoms with Gasteiger partial charge in [-0.1, -0.05) is 0 Å². The highest BCUT2D eigenvalue weighted by atomic mass is 16.5. The summed E-state index contributed by atoms with van der Waals surface area (Å²) in [7, 11) is 1.26. The summed E-state index contributed by atoms with van der Waals surface area (Å²) in [6.45, 7) is -0.0338. The lowest BCUT2D eigenvalue weighted by Crippen LogP contribution is -2.24. The SMILES string of the molecule is COC(=O)c1c(N)ncnc1N[C@@H]1CC[C@@H](CO)O1. The van der Waals surface area contributed by atoms with Crippen LogP contribution in [0.25, 0.3) is 0 Å². The minimum Gasteiger partial charge on any atom is -0.465 e. The van der Waals surface area contributed by atoms with Crippen LogP contribution in [-0.2, 0) is 9.47 Å². The van der Waals surface area contributed by atoms with Crippen molar-refractivity contribution in [2.24, 2.45) is 0 Å². The average Bonchev–Trinajstić information content (AvgIpc) is 2.86. The molecule has 0 bridgehead atoms. The summed E-state index contributed by atoms with van der Waals surface area (Å²) in [6.07, 6.45) is 2.17. The highest BCUT2D eigenvalue weighted by Crippen LogP contribution is 2.24. The number of esters is 1. The van der Waals surface area contributed by atoms with Crippen LogP contribution in [0.5, 0.6) is 0 Å². The van der Waals surface area contributed by atoms with Crippen LogP contribution in [-0.4, -0.2) is 47.1 Å². The molecule has 8 heteroatoms. The molecule has 0 saturated carbocycles. The molecule has 1 aliphatic heterocycles. The highest BCUT2D eigenvalue weighted by molar-refractivity contribution is 5.99. The fourth-order valence-electron chi connectivity index (χ4n) is 1.91. The van der Waals surface area contributed by atoms with Crippen LogP contribution < -0.4 is 11.1 Å². The summed E-state index contributed by atoms with van der Waals surface area (Å²) in [6, 6.07) is 0. The predicted molar refractivity (Wildman–Crippen MR) is 66.4 cm³/mol. The van der Waals surface area contributed by atoms with E-state index < -0.39 is 5.97 Å². The number of aromatic nitrogens is 2. The summed E-state index contributed by atoms with van der Waals surface area (Å²) in [5, 5.41) is 12.0. The van der Waals surface area contributed by atoms with E-state index in [1.165, 1.54) is 13.4 Å². The molecule has 0 spiro atoms. The predicted octanol–water partition coefficient (Wildman–Crippen LogP) is -0.245. The summed E-state index contributed by atoms with van der Waals surface area (Å²) < 4.78 is 10.2. The van der Waals surface area contributed by atoms with Gasteiger partial charge in [-0.15, -0.1) is 0 Å². The Kier molecular flexibility index (Phi) is 4.13. The maximum Gasteiger partial charge on any atom is 0.345 e. The molecular formula is C11H16N4O4. The number of carbonyl (C=O) groups is 1. The van der Waals surface area contributed by atoms with Crippen LogP contribution in [0.2, 0.25) is 0 Å². The second kappa shape index (κ2) is 5.81. The van der Waals surface area contributed by atoms with Crippen molar-refractivity contribution >= 4 is 17.6 Å². The van der Waals surface area contributed by atoms with E-state index >= 15 is 0 Å². The molecule has 0 aromatic carbocycles. The number of nitrogens with two attached hydrogens (primary N) is 1. The van der Waals surface area contributed by atoms with Crippen LogP contribution in [0, 0.1) is 0 Å². The number of nitrogens with one attached hydrogen (secondary N) is 1. The van der Waals surface area contributed by atoms with E-state index in [4.69, 9.17) is 15.6 Å². The molecule has 1 fully saturated rings. The maximum absolute atomic E-state index is 11.6. The summed E-state index contributed by atoms with van der Waals surface area (Å²) in [5.74, 6) is -0.304. The molecule has 2 heterocycles. The first-order valence-electron chi connectivity index (χ1n) is 5.87. The second-order valence-corrected chi connectivity index (χ2v) is 4.13. The zero-order chi connectivity index (χ0) is 13.8. The first kappa shape index (κ1) is 13.5. The normalized spacial score (nSPS) is 22.2. The number of rotatable bonds is 4. The van der Waals surface area contributed by atoms with Gasteiger partial charge < -0.3 is 25.6 Å². The van der Waals surface area contributed by atoms with Crippen molar-refractivity contribution in [3.63, 3.8) is 0 Å². The van der Waals surface area contributed by atoms with Crippen molar-refractivity contribution in [2.45, 2.75) is 25.2 Å². The molecule has 0 aliphatic carbocycles. The minimum absolute atomic E-state index is 0.0338. The number of carbonyl (C=O) groups excluding carboxylic acids is 1. The average molecular weight is 268 g/mol. The largest absolute Gasteiger partial charge is 0.465 e. The van der Waals surface area contributed by atoms with E-state index in [1.807, 2.05) is 0 Å². The topological polar surface area (TPSA) is 120 Å². The second-order valence-electron chi connectivity index (χ2n) is 4.13. The molecule has 2 atom stereocenters. The van der Waals surface area contributed by atoms with Crippen LogP contribution in [0.1, 0.15) is 23.2 Å². The Morgan fingerprint density at radius 3 is 3.05 bits per heavy atom. The number of hydrogen-bond donors (Lipinski definition) is 3. The lowest BCUT2D eigenvalue weighted by Gasteiger charge is -2.16. The molecule has 1 aromatic rings. The highest BCUT2D eigenvalue weighted by Gasteiger charge is 2.27. The van der Waals surface area contributed by atoms with Gasteiger partial charge in [0.25, 0.3) is 0 Å². The maximum atomic E-state index is 11.6. The standard InChI is InChI=1S/C11H16N4O4/c1-18-11(17)8-9(12)13-5-14-10(8)15-7-3-2-6(4-16)19-7/h5-7,16H,2-4H2,1H3,(H3,12,13,14,15)/t6-,7-/m0/s1. The molecule has 104 valence electrons. The number of nitrogen functional groups attached to an aromatic ring is 1. The first-order chi connectivity index (χ1) is 9.15. The van der Waals surface area contributed by atoms with Gasteiger partial charge >= 0.3 is 5.97 Å². The Morgan fingerprint density at radius 2 is 2.42 bits per heavy atom. The number of anilines is 2. The van der Waals surface area contributed by atoms with Gasteiger partial charge in [0.2, 0.25) is 0 Å². The lowest BCUT2D eigenvalue weighted by molar-refractivity contribution is 0.0233. The monoisotopic (exact) mass is 268 g/mol. The molecule has 1 saturated heterocycles. The number of methoxy groups -OCH3 is 1. The fourth-order valence-corrected chi connectivity index (χ4v) is 1.91. The van der Waals surface area contributed by atoms with Crippen molar-refractivity contribution in [1.82, 2.24) is 9.97 Å². The van der Waals surface area contributed by atoms with E-state index in [1.54, 1.807) is 0 Å². The van der Waals surface area contributed by atoms with Gasteiger partial charge in [-0.2, -0.15) is 0 Å². The Bertz CT molecular complexity index is 468. The van der Waals surface area contributed by atoms with Crippen LogP contribution in [0.3, 0.4) is 0 Å². The summed E-state index contributed by atoms with van der Waals surface area (Å²) in [5.41, 5.74) is 5.74. The quantitative estimate of drug-likeness (QED) is 0.640. The summed E-state index contributed by atoms with van der Waals surface area (Å²) >= 11 is 0. The first-order valence-corrected chi connectivity index (χ1v) is 5.87. The third-order valence-corrected chi connectivity index (χ3v) is 2.88. The smallest absolute Gasteiger partial charge is 0.345 e.